The van der Waals surface area contributed by atoms with E-state index < -0.39 is 12.0 Å². The Kier molecular flexibility index (Phi) is 4.87. The molecule has 0 bridgehead atoms. The molecule has 0 saturated carbocycles. The molecule has 0 aromatic carbocycles. The van der Waals surface area contributed by atoms with Crippen LogP contribution in [0.25, 0.3) is 0 Å². The molecule has 0 spiro atoms. The third-order valence-electron chi connectivity index (χ3n) is 2.36. The molecule has 7 heteroatoms. The first kappa shape index (κ1) is 14.2. The Morgan fingerprint density at radius 1 is 1.61 bits per heavy atom. The third kappa shape index (κ3) is 3.57. The molecule has 0 aliphatic rings. The van der Waals surface area contributed by atoms with Crippen LogP contribution in [0.5, 0.6) is 0 Å². The molecular weight excluding hydrogens is 236 g/mol. The van der Waals surface area contributed by atoms with E-state index in [9.17, 15) is 9.90 Å². The van der Waals surface area contributed by atoms with Crippen LogP contribution < -0.4 is 16.4 Å². The van der Waals surface area contributed by atoms with Gasteiger partial charge in [-0.15, -0.1) is 0 Å². The van der Waals surface area contributed by atoms with Gasteiger partial charge < -0.3 is 26.2 Å². The molecule has 0 fully saturated rings. The number of carbonyl (C=O) groups is 1. The van der Waals surface area contributed by atoms with Crippen LogP contribution in [0.4, 0.5) is 11.5 Å². The lowest BCUT2D eigenvalue weighted by molar-refractivity contribution is 0.0694. The number of rotatable bonds is 6. The molecule has 7 nitrogen and oxygen atoms in total. The predicted octanol–water partition coefficient (Wildman–Crippen LogP) is -0.794. The number of hydrogen-bond donors (Lipinski definition) is 3. The Morgan fingerprint density at radius 3 is 2.83 bits per heavy atom. The Bertz CT molecular complexity index is 425. The Morgan fingerprint density at radius 2 is 2.28 bits per heavy atom. The summed E-state index contributed by atoms with van der Waals surface area (Å²) >= 11 is 0. The molecule has 1 rings (SSSR count). The van der Waals surface area contributed by atoms with Crippen molar-refractivity contribution in [1.29, 1.82) is 0 Å². The molecule has 1 heterocycles. The lowest BCUT2D eigenvalue weighted by Crippen LogP contribution is -2.33. The number of aromatic nitrogens is 1. The maximum atomic E-state index is 11.0. The molecule has 0 saturated heterocycles. The highest BCUT2D eigenvalue weighted by Gasteiger charge is 2.14. The zero-order chi connectivity index (χ0) is 13.7. The van der Waals surface area contributed by atoms with E-state index in [-0.39, 0.29) is 18.8 Å². The van der Waals surface area contributed by atoms with Crippen LogP contribution in [0.3, 0.4) is 0 Å². The fourth-order valence-electron chi connectivity index (χ4n) is 1.55. The highest BCUT2D eigenvalue weighted by Crippen LogP contribution is 2.19. The number of nitrogen functional groups attached to an aromatic ring is 1. The molecule has 0 aliphatic carbocycles. The van der Waals surface area contributed by atoms with Crippen LogP contribution in [0.1, 0.15) is 10.5 Å². The number of nitrogens with two attached hydrogens (primary N) is 2. The molecule has 1 aromatic heterocycles. The van der Waals surface area contributed by atoms with Crippen molar-refractivity contribution in [3.05, 3.63) is 17.8 Å². The number of anilines is 2. The molecule has 1 atom stereocenters. The second kappa shape index (κ2) is 6.18. The summed E-state index contributed by atoms with van der Waals surface area (Å²) < 4.78 is 4.83. The molecular formula is C11H18N4O3. The van der Waals surface area contributed by atoms with Gasteiger partial charge in [-0.05, 0) is 12.1 Å². The van der Waals surface area contributed by atoms with Crippen LogP contribution in [0, 0.1) is 0 Å². The number of primary amides is 1. The number of nitrogens with zero attached hydrogens (tertiary/aromatic N) is 2. The van der Waals surface area contributed by atoms with Crippen molar-refractivity contribution >= 4 is 17.4 Å². The average molecular weight is 254 g/mol. The quantitative estimate of drug-likeness (QED) is 0.612. The van der Waals surface area contributed by atoms with Gasteiger partial charge in [-0.3, -0.25) is 4.79 Å². The number of methoxy groups -OCH3 is 1. The fourth-order valence-corrected chi connectivity index (χ4v) is 1.55. The number of likely N-dealkylation sites (N-methyl/N-ethyl adjacent to an activating group) is 1. The number of carbonyl (C=O) groups excluding carboxylic acids is 1. The molecule has 18 heavy (non-hydrogen) atoms. The summed E-state index contributed by atoms with van der Waals surface area (Å²) in [5.74, 6) is -0.219. The van der Waals surface area contributed by atoms with Gasteiger partial charge in [0.1, 0.15) is 5.69 Å². The smallest absolute Gasteiger partial charge is 0.267 e. The van der Waals surface area contributed by atoms with Crippen LogP contribution in [-0.2, 0) is 4.74 Å². The highest BCUT2D eigenvalue weighted by molar-refractivity contribution is 5.91. The number of pyridine rings is 1. The predicted molar refractivity (Wildman–Crippen MR) is 68.3 cm³/mol. The number of hydrogen-bond acceptors (Lipinski definition) is 6. The molecule has 100 valence electrons. The Balaban J connectivity index is 2.87. The van der Waals surface area contributed by atoms with Crippen molar-refractivity contribution in [2.75, 3.05) is 37.9 Å². The van der Waals surface area contributed by atoms with E-state index in [0.29, 0.717) is 11.5 Å². The molecule has 1 aromatic rings. The van der Waals surface area contributed by atoms with E-state index in [1.54, 1.807) is 18.0 Å². The first-order chi connectivity index (χ1) is 8.45. The summed E-state index contributed by atoms with van der Waals surface area (Å²) in [4.78, 5) is 16.7. The topological polar surface area (TPSA) is 115 Å². The van der Waals surface area contributed by atoms with E-state index in [2.05, 4.69) is 4.98 Å². The van der Waals surface area contributed by atoms with Gasteiger partial charge in [-0.25, -0.2) is 4.98 Å². The Labute approximate surface area is 105 Å². The summed E-state index contributed by atoms with van der Waals surface area (Å²) in [6, 6.07) is 3.02. The zero-order valence-corrected chi connectivity index (χ0v) is 10.5. The van der Waals surface area contributed by atoms with Crippen molar-refractivity contribution < 1.29 is 14.6 Å². The normalized spacial score (nSPS) is 12.2. The molecule has 0 aliphatic heterocycles. The standard InChI is InChI=1S/C11H18N4O3/c1-15(5-7(16)6-18-2)11-8(12)3-4-9(14-11)10(13)17/h3-4,7,16H,5-6,12H2,1-2H3,(H2,13,17). The van der Waals surface area contributed by atoms with Gasteiger partial charge in [0, 0.05) is 20.7 Å². The van der Waals surface area contributed by atoms with E-state index in [0.717, 1.165) is 0 Å². The fraction of sp³-hybridized carbons (Fsp3) is 0.455. The lowest BCUT2D eigenvalue weighted by Gasteiger charge is -2.22. The van der Waals surface area contributed by atoms with Crippen LogP contribution in [0.2, 0.25) is 0 Å². The van der Waals surface area contributed by atoms with Crippen molar-refractivity contribution in [2.45, 2.75) is 6.10 Å². The second-order valence-electron chi connectivity index (χ2n) is 3.96. The van der Waals surface area contributed by atoms with Gasteiger partial charge in [0.25, 0.3) is 5.91 Å². The molecule has 1 unspecified atom stereocenters. The monoisotopic (exact) mass is 254 g/mol. The summed E-state index contributed by atoms with van der Waals surface area (Å²) in [5, 5.41) is 9.62. The maximum absolute atomic E-state index is 11.0. The van der Waals surface area contributed by atoms with Gasteiger partial charge in [-0.1, -0.05) is 0 Å². The van der Waals surface area contributed by atoms with Crippen LogP contribution >= 0.6 is 0 Å². The van der Waals surface area contributed by atoms with E-state index in [4.69, 9.17) is 16.2 Å². The van der Waals surface area contributed by atoms with Crippen LogP contribution in [0.15, 0.2) is 12.1 Å². The number of aliphatic hydroxyl groups excluding tert-OH is 1. The van der Waals surface area contributed by atoms with Crippen molar-refractivity contribution in [2.24, 2.45) is 5.73 Å². The Hall–Kier alpha value is -1.86. The largest absolute Gasteiger partial charge is 0.396 e. The number of aliphatic hydroxyl groups is 1. The van der Waals surface area contributed by atoms with Gasteiger partial charge in [0.2, 0.25) is 0 Å². The summed E-state index contributed by atoms with van der Waals surface area (Å²) in [6.07, 6.45) is -0.668. The maximum Gasteiger partial charge on any atom is 0.267 e. The molecule has 1 amide bonds. The minimum absolute atomic E-state index is 0.132. The molecule has 0 radical (unpaired) electrons. The summed E-state index contributed by atoms with van der Waals surface area (Å²) in [7, 11) is 3.21. The van der Waals surface area contributed by atoms with Gasteiger partial charge >= 0.3 is 0 Å². The summed E-state index contributed by atoms with van der Waals surface area (Å²) in [6.45, 7) is 0.493. The van der Waals surface area contributed by atoms with Crippen molar-refractivity contribution in [1.82, 2.24) is 4.98 Å². The van der Waals surface area contributed by atoms with E-state index in [1.807, 2.05) is 0 Å². The van der Waals surface area contributed by atoms with Crippen LogP contribution in [-0.4, -0.2) is 49.4 Å². The third-order valence-corrected chi connectivity index (χ3v) is 2.36. The number of amides is 1. The summed E-state index contributed by atoms with van der Waals surface area (Å²) in [5.41, 5.74) is 11.5. The number of ether oxygens (including phenoxy) is 1. The van der Waals surface area contributed by atoms with Gasteiger partial charge in [0.05, 0.1) is 18.4 Å². The van der Waals surface area contributed by atoms with E-state index >= 15 is 0 Å². The van der Waals surface area contributed by atoms with Gasteiger partial charge in [-0.2, -0.15) is 0 Å². The van der Waals surface area contributed by atoms with E-state index in [1.165, 1.54) is 13.2 Å². The molecule has 5 N–H and O–H groups in total. The average Bonchev–Trinajstić information content (AvgIpc) is 2.29. The zero-order valence-electron chi connectivity index (χ0n) is 10.5. The second-order valence-corrected chi connectivity index (χ2v) is 3.96. The van der Waals surface area contributed by atoms with Crippen molar-refractivity contribution in [3.63, 3.8) is 0 Å². The minimum Gasteiger partial charge on any atom is -0.396 e. The minimum atomic E-state index is -0.668. The SMILES string of the molecule is COCC(O)CN(C)c1nc(C(N)=O)ccc1N. The highest BCUT2D eigenvalue weighted by atomic mass is 16.5. The first-order valence-corrected chi connectivity index (χ1v) is 5.40. The first-order valence-electron chi connectivity index (χ1n) is 5.40. The van der Waals surface area contributed by atoms with Crippen molar-refractivity contribution in [3.8, 4) is 0 Å². The lowest BCUT2D eigenvalue weighted by atomic mass is 10.2. The van der Waals surface area contributed by atoms with Gasteiger partial charge in [0.15, 0.2) is 5.82 Å².